The van der Waals surface area contributed by atoms with Crippen LogP contribution < -0.4 is 20.7 Å². The Bertz CT molecular complexity index is 1670. The predicted molar refractivity (Wildman–Crippen MR) is 171 cm³/mol. The molecule has 0 unspecified atom stereocenters. The van der Waals surface area contributed by atoms with Gasteiger partial charge in [0, 0.05) is 24.8 Å². The van der Waals surface area contributed by atoms with E-state index in [1.54, 1.807) is 28.1 Å². The molecule has 1 aliphatic rings. The summed E-state index contributed by atoms with van der Waals surface area (Å²) in [7, 11) is 3.24. The zero-order chi connectivity index (χ0) is 32.7. The number of carbonyl (C=O) groups is 1. The van der Waals surface area contributed by atoms with Crippen molar-refractivity contribution in [2.24, 2.45) is 0 Å². The quantitative estimate of drug-likeness (QED) is 0.185. The summed E-state index contributed by atoms with van der Waals surface area (Å²) in [6.45, 7) is 4.26. The summed E-state index contributed by atoms with van der Waals surface area (Å²) in [4.78, 5) is 41.7. The number of benzene rings is 3. The number of aryl methyl sites for hydroxylation is 1. The number of esters is 1. The number of H-pyrrole nitrogens is 1. The third-order valence-electron chi connectivity index (χ3n) is 8.00. The second kappa shape index (κ2) is 14.6. The molecular formula is C35H39N3O8. The van der Waals surface area contributed by atoms with Crippen LogP contribution in [0.15, 0.2) is 94.6 Å². The zero-order valence-electron chi connectivity index (χ0n) is 26.4. The molecule has 2 atom stereocenters. The molecule has 0 amide bonds. The van der Waals surface area contributed by atoms with E-state index in [1.165, 1.54) is 10.8 Å². The number of aromatic amines is 1. The Morgan fingerprint density at radius 2 is 1.48 bits per heavy atom. The first kappa shape index (κ1) is 32.7. The normalized spacial score (nSPS) is 17.0. The molecule has 0 spiro atoms. The summed E-state index contributed by atoms with van der Waals surface area (Å²) in [5, 5.41) is 0. The van der Waals surface area contributed by atoms with Gasteiger partial charge in [0.05, 0.1) is 40.1 Å². The van der Waals surface area contributed by atoms with Gasteiger partial charge < -0.3 is 23.7 Å². The summed E-state index contributed by atoms with van der Waals surface area (Å²) in [5.41, 5.74) is 0.795. The van der Waals surface area contributed by atoms with Crippen LogP contribution in [0.4, 0.5) is 0 Å². The Morgan fingerprint density at radius 3 is 2.04 bits per heavy atom. The fourth-order valence-corrected chi connectivity index (χ4v) is 5.75. The van der Waals surface area contributed by atoms with Crippen LogP contribution in [0, 0.1) is 6.92 Å². The van der Waals surface area contributed by atoms with Crippen molar-refractivity contribution >= 4 is 5.97 Å². The van der Waals surface area contributed by atoms with E-state index in [-0.39, 0.29) is 32.3 Å². The number of methoxy groups -OCH3 is 2. The molecule has 1 fully saturated rings. The molecule has 0 radical (unpaired) electrons. The lowest BCUT2D eigenvalue weighted by atomic mass is 9.80. The van der Waals surface area contributed by atoms with Crippen molar-refractivity contribution in [1.29, 1.82) is 0 Å². The van der Waals surface area contributed by atoms with E-state index < -0.39 is 29.2 Å². The highest BCUT2D eigenvalue weighted by atomic mass is 16.6. The monoisotopic (exact) mass is 629 g/mol. The van der Waals surface area contributed by atoms with Crippen LogP contribution in [-0.4, -0.2) is 73.6 Å². The van der Waals surface area contributed by atoms with E-state index in [2.05, 4.69) is 4.98 Å². The summed E-state index contributed by atoms with van der Waals surface area (Å²) in [6, 6.07) is 25.3. The van der Waals surface area contributed by atoms with Gasteiger partial charge in [-0.2, -0.15) is 0 Å². The first-order chi connectivity index (χ1) is 22.3. The molecule has 1 saturated heterocycles. The minimum Gasteiger partial charge on any atom is -0.497 e. The van der Waals surface area contributed by atoms with Crippen LogP contribution in [0.5, 0.6) is 11.5 Å². The number of rotatable bonds is 12. The number of nitrogens with zero attached hydrogens (tertiary/aromatic N) is 2. The summed E-state index contributed by atoms with van der Waals surface area (Å²) < 4.78 is 31.0. The first-order valence-corrected chi connectivity index (χ1v) is 15.1. The van der Waals surface area contributed by atoms with E-state index in [1.807, 2.05) is 83.8 Å². The third kappa shape index (κ3) is 7.07. The largest absolute Gasteiger partial charge is 0.497 e. The van der Waals surface area contributed by atoms with Crippen LogP contribution in [0.3, 0.4) is 0 Å². The fraction of sp³-hybridized carbons (Fsp3) is 0.343. The van der Waals surface area contributed by atoms with E-state index >= 15 is 0 Å². The molecule has 0 bridgehead atoms. The Kier molecular flexibility index (Phi) is 10.4. The lowest BCUT2D eigenvalue weighted by Gasteiger charge is -2.41. The van der Waals surface area contributed by atoms with Crippen LogP contribution >= 0.6 is 0 Å². The molecule has 0 aliphatic carbocycles. The summed E-state index contributed by atoms with van der Waals surface area (Å²) in [6.07, 6.45) is 0.0976. The van der Waals surface area contributed by atoms with Crippen LogP contribution in [0.25, 0.3) is 0 Å². The molecule has 11 heteroatoms. The van der Waals surface area contributed by atoms with Crippen LogP contribution in [0.2, 0.25) is 0 Å². The van der Waals surface area contributed by atoms with E-state index in [4.69, 9.17) is 23.7 Å². The van der Waals surface area contributed by atoms with Gasteiger partial charge in [-0.1, -0.05) is 54.6 Å². The van der Waals surface area contributed by atoms with Gasteiger partial charge in [-0.3, -0.25) is 24.0 Å². The standard InChI is InChI=1S/C35H39N3O8/c1-5-44-32(39)22-37-20-30(46-31(21-37)38-19-24(2)33(40)36-34(38)41)23-45-35(25-9-7-6-8-10-25,26-11-15-28(42-3)16-12-26)27-13-17-29(43-4)18-14-27/h6-19,30-31H,5,20-23H2,1-4H3,(H,36,40,41)/t30-,31+/m0/s1. The molecule has 5 rings (SSSR count). The third-order valence-corrected chi connectivity index (χ3v) is 8.00. The van der Waals surface area contributed by atoms with Crippen molar-refractivity contribution in [3.63, 3.8) is 0 Å². The number of hydrogen-bond acceptors (Lipinski definition) is 9. The SMILES string of the molecule is CCOC(=O)CN1C[C@@H](COC(c2ccccc2)(c2ccc(OC)cc2)c2ccc(OC)cc2)O[C@@H](n2cc(C)c(=O)[nH]c2=O)C1. The van der Waals surface area contributed by atoms with Crippen molar-refractivity contribution < 1.29 is 28.5 Å². The van der Waals surface area contributed by atoms with Crippen molar-refractivity contribution in [2.45, 2.75) is 31.8 Å². The minimum atomic E-state index is -1.09. The van der Waals surface area contributed by atoms with E-state index in [0.717, 1.165) is 16.7 Å². The number of ether oxygens (including phenoxy) is 5. The Labute approximate surface area is 267 Å². The Balaban J connectivity index is 1.56. The molecule has 1 N–H and O–H groups in total. The molecule has 242 valence electrons. The number of hydrogen-bond donors (Lipinski definition) is 1. The van der Waals surface area contributed by atoms with Crippen LogP contribution in [-0.2, 0) is 24.6 Å². The smallest absolute Gasteiger partial charge is 0.330 e. The van der Waals surface area contributed by atoms with Gasteiger partial charge in [-0.05, 0) is 54.8 Å². The Morgan fingerprint density at radius 1 is 0.891 bits per heavy atom. The zero-order valence-corrected chi connectivity index (χ0v) is 26.4. The maximum absolute atomic E-state index is 12.9. The summed E-state index contributed by atoms with van der Waals surface area (Å²) in [5.74, 6) is 1.02. The predicted octanol–water partition coefficient (Wildman–Crippen LogP) is 3.63. The minimum absolute atomic E-state index is 0.00206. The van der Waals surface area contributed by atoms with Gasteiger partial charge in [-0.15, -0.1) is 0 Å². The van der Waals surface area contributed by atoms with E-state index in [9.17, 15) is 14.4 Å². The number of aromatic nitrogens is 2. The van der Waals surface area contributed by atoms with Crippen molar-refractivity contribution in [3.05, 3.63) is 128 Å². The van der Waals surface area contributed by atoms with Crippen molar-refractivity contribution in [1.82, 2.24) is 14.5 Å². The molecular weight excluding hydrogens is 590 g/mol. The second-order valence-electron chi connectivity index (χ2n) is 11.0. The molecule has 1 aliphatic heterocycles. The first-order valence-electron chi connectivity index (χ1n) is 15.1. The van der Waals surface area contributed by atoms with Gasteiger partial charge in [0.15, 0.2) is 6.23 Å². The van der Waals surface area contributed by atoms with Crippen LogP contribution in [0.1, 0.15) is 35.4 Å². The molecule has 0 saturated carbocycles. The van der Waals surface area contributed by atoms with Gasteiger partial charge in [-0.25, -0.2) is 4.79 Å². The average Bonchev–Trinajstić information content (AvgIpc) is 3.07. The van der Waals surface area contributed by atoms with Crippen molar-refractivity contribution in [3.8, 4) is 11.5 Å². The molecule has 2 heterocycles. The Hall–Kier alpha value is -4.71. The second-order valence-corrected chi connectivity index (χ2v) is 11.0. The number of morpholine rings is 1. The highest BCUT2D eigenvalue weighted by Gasteiger charge is 2.40. The average molecular weight is 630 g/mol. The molecule has 46 heavy (non-hydrogen) atoms. The lowest BCUT2D eigenvalue weighted by Crippen LogP contribution is -2.52. The van der Waals surface area contributed by atoms with Gasteiger partial charge >= 0.3 is 11.7 Å². The highest BCUT2D eigenvalue weighted by Crippen LogP contribution is 2.42. The highest BCUT2D eigenvalue weighted by molar-refractivity contribution is 5.71. The number of carbonyl (C=O) groups excluding carboxylic acids is 1. The maximum Gasteiger partial charge on any atom is 0.330 e. The van der Waals surface area contributed by atoms with Gasteiger partial charge in [0.25, 0.3) is 5.56 Å². The van der Waals surface area contributed by atoms with Gasteiger partial charge in [0.2, 0.25) is 0 Å². The molecule has 4 aromatic rings. The molecule has 1 aromatic heterocycles. The lowest BCUT2D eigenvalue weighted by molar-refractivity contribution is -0.166. The number of nitrogens with one attached hydrogen (secondary N) is 1. The topological polar surface area (TPSA) is 121 Å². The van der Waals surface area contributed by atoms with Gasteiger partial charge in [0.1, 0.15) is 17.1 Å². The maximum atomic E-state index is 12.9. The molecule has 3 aromatic carbocycles. The summed E-state index contributed by atoms with van der Waals surface area (Å²) >= 11 is 0. The van der Waals surface area contributed by atoms with Crippen molar-refractivity contribution in [2.75, 3.05) is 47.1 Å². The molecule has 11 nitrogen and oxygen atoms in total. The fourth-order valence-electron chi connectivity index (χ4n) is 5.75. The van der Waals surface area contributed by atoms with E-state index in [0.29, 0.717) is 23.6 Å².